The lowest BCUT2D eigenvalue weighted by molar-refractivity contribution is -0.0901. The Morgan fingerprint density at radius 3 is 2.90 bits per heavy atom. The van der Waals surface area contributed by atoms with Gasteiger partial charge in [0.1, 0.15) is 21.9 Å². The molecule has 0 saturated heterocycles. The van der Waals surface area contributed by atoms with Gasteiger partial charge in [-0.25, -0.2) is 18.3 Å². The predicted molar refractivity (Wildman–Crippen MR) is 70.8 cm³/mol. The molecule has 0 unspecified atom stereocenters. The van der Waals surface area contributed by atoms with Crippen LogP contribution >= 0.6 is 15.9 Å². The normalized spacial score (nSPS) is 17.2. The molecule has 1 fully saturated rings. The van der Waals surface area contributed by atoms with Gasteiger partial charge in [0, 0.05) is 25.1 Å². The molecule has 3 rings (SSSR count). The van der Waals surface area contributed by atoms with E-state index in [1.807, 2.05) is 6.07 Å². The molecule has 1 N–H and O–H groups in total. The van der Waals surface area contributed by atoms with E-state index >= 15 is 0 Å². The summed E-state index contributed by atoms with van der Waals surface area (Å²) in [6, 6.07) is 2.80. The van der Waals surface area contributed by atoms with Crippen molar-refractivity contribution in [2.75, 3.05) is 0 Å². The van der Waals surface area contributed by atoms with Crippen LogP contribution in [-0.2, 0) is 0 Å². The molecule has 0 bridgehead atoms. The average Bonchev–Trinajstić information content (AvgIpc) is 2.71. The van der Waals surface area contributed by atoms with Crippen molar-refractivity contribution in [2.45, 2.75) is 24.8 Å². The molecule has 6 nitrogen and oxygen atoms in total. The Morgan fingerprint density at radius 1 is 1.57 bits per heavy atom. The van der Waals surface area contributed by atoms with Gasteiger partial charge in [0.2, 0.25) is 0 Å². The number of carbonyl (C=O) groups excluding carboxylic acids is 1. The number of hydrogen-bond donors (Lipinski definition) is 1. The molecular formula is C12H8BrF2N5O. The maximum atomic E-state index is 12.8. The molecule has 9 heteroatoms. The number of nitrogens with zero attached hydrogens (tertiary/aromatic N) is 4. The number of fused-ring (bicyclic) bond motifs is 1. The number of carbonyl (C=O) groups is 1. The summed E-state index contributed by atoms with van der Waals surface area (Å²) in [6.45, 7) is 0. The molecule has 1 saturated carbocycles. The molecule has 21 heavy (non-hydrogen) atoms. The fourth-order valence-corrected chi connectivity index (χ4v) is 2.63. The van der Waals surface area contributed by atoms with E-state index in [0.29, 0.717) is 0 Å². The molecule has 0 spiro atoms. The zero-order chi connectivity index (χ0) is 15.2. The highest BCUT2D eigenvalue weighted by molar-refractivity contribution is 9.10. The Labute approximate surface area is 125 Å². The van der Waals surface area contributed by atoms with E-state index in [-0.39, 0.29) is 34.3 Å². The fraction of sp³-hybridized carbons (Fsp3) is 0.333. The molecule has 0 aromatic carbocycles. The Hall–Kier alpha value is -2.08. The smallest absolute Gasteiger partial charge is 0.270 e. The molecule has 1 amide bonds. The molecule has 0 aliphatic heterocycles. The van der Waals surface area contributed by atoms with E-state index in [9.17, 15) is 13.6 Å². The van der Waals surface area contributed by atoms with Crippen molar-refractivity contribution in [3.8, 4) is 6.07 Å². The molecule has 2 heterocycles. The molecular weight excluding hydrogens is 348 g/mol. The average molecular weight is 356 g/mol. The van der Waals surface area contributed by atoms with Crippen molar-refractivity contribution in [3.05, 3.63) is 28.1 Å². The number of nitrogens with one attached hydrogen (secondary N) is 1. The van der Waals surface area contributed by atoms with Crippen molar-refractivity contribution in [1.29, 1.82) is 5.26 Å². The minimum absolute atomic E-state index is 0.136. The van der Waals surface area contributed by atoms with Crippen molar-refractivity contribution in [1.82, 2.24) is 19.9 Å². The topological polar surface area (TPSA) is 83.1 Å². The molecule has 0 radical (unpaired) electrons. The summed E-state index contributed by atoms with van der Waals surface area (Å²) in [7, 11) is 0. The van der Waals surface area contributed by atoms with Gasteiger partial charge in [-0.15, -0.1) is 0 Å². The van der Waals surface area contributed by atoms with Crippen LogP contribution in [0.2, 0.25) is 0 Å². The number of hydrogen-bond acceptors (Lipinski definition) is 4. The Balaban J connectivity index is 1.91. The molecule has 1 aliphatic rings. The summed E-state index contributed by atoms with van der Waals surface area (Å²) < 4.78 is 27.0. The van der Waals surface area contributed by atoms with E-state index in [1.165, 1.54) is 16.8 Å². The zero-order valence-electron chi connectivity index (χ0n) is 10.5. The van der Waals surface area contributed by atoms with Crippen LogP contribution in [0.25, 0.3) is 5.65 Å². The number of halogens is 3. The lowest BCUT2D eigenvalue weighted by Gasteiger charge is -2.35. The van der Waals surface area contributed by atoms with Crippen LogP contribution < -0.4 is 5.32 Å². The van der Waals surface area contributed by atoms with Gasteiger partial charge in [-0.1, -0.05) is 0 Å². The van der Waals surface area contributed by atoms with Crippen molar-refractivity contribution in [2.24, 2.45) is 0 Å². The number of rotatable bonds is 2. The first-order valence-electron chi connectivity index (χ1n) is 6.03. The van der Waals surface area contributed by atoms with Crippen molar-refractivity contribution in [3.63, 3.8) is 0 Å². The van der Waals surface area contributed by atoms with E-state index in [1.54, 1.807) is 0 Å². The zero-order valence-corrected chi connectivity index (χ0v) is 12.1. The van der Waals surface area contributed by atoms with Crippen LogP contribution in [0.3, 0.4) is 0 Å². The van der Waals surface area contributed by atoms with Gasteiger partial charge in [-0.05, 0) is 22.0 Å². The van der Waals surface area contributed by atoms with Gasteiger partial charge in [0.25, 0.3) is 11.8 Å². The van der Waals surface area contributed by atoms with E-state index in [4.69, 9.17) is 5.26 Å². The number of aromatic nitrogens is 3. The quantitative estimate of drug-likeness (QED) is 0.891. The Bertz CT molecular complexity index is 774. The van der Waals surface area contributed by atoms with E-state index < -0.39 is 17.9 Å². The molecule has 1 aliphatic carbocycles. The van der Waals surface area contributed by atoms with Gasteiger partial charge >= 0.3 is 0 Å². The third kappa shape index (κ3) is 2.35. The van der Waals surface area contributed by atoms with E-state index in [0.717, 1.165) is 0 Å². The highest BCUT2D eigenvalue weighted by atomic mass is 79.9. The predicted octanol–water partition coefficient (Wildman–Crippen LogP) is 1.89. The number of alkyl halides is 2. The second-order valence-electron chi connectivity index (χ2n) is 4.78. The first-order chi connectivity index (χ1) is 9.91. The number of nitriles is 1. The summed E-state index contributed by atoms with van der Waals surface area (Å²) in [4.78, 5) is 16.1. The van der Waals surface area contributed by atoms with Crippen LogP contribution in [0.15, 0.2) is 16.9 Å². The van der Waals surface area contributed by atoms with Gasteiger partial charge in [0.15, 0.2) is 5.65 Å². The van der Waals surface area contributed by atoms with Crippen molar-refractivity contribution < 1.29 is 13.6 Å². The minimum Gasteiger partial charge on any atom is -0.348 e. The Morgan fingerprint density at radius 2 is 2.29 bits per heavy atom. The second kappa shape index (κ2) is 4.73. The minimum atomic E-state index is -2.70. The second-order valence-corrected chi connectivity index (χ2v) is 5.53. The van der Waals surface area contributed by atoms with Gasteiger partial charge in [-0.3, -0.25) is 4.79 Å². The molecule has 2 aromatic heterocycles. The van der Waals surface area contributed by atoms with E-state index in [2.05, 4.69) is 31.3 Å². The van der Waals surface area contributed by atoms with Crippen LogP contribution in [0, 0.1) is 11.3 Å². The van der Waals surface area contributed by atoms with Gasteiger partial charge in [0.05, 0.1) is 0 Å². The highest BCUT2D eigenvalue weighted by Crippen LogP contribution is 2.37. The summed E-state index contributed by atoms with van der Waals surface area (Å²) in [5.41, 5.74) is 0.577. The first-order valence-corrected chi connectivity index (χ1v) is 6.82. The van der Waals surface area contributed by atoms with Crippen LogP contribution in [0.1, 0.15) is 28.9 Å². The summed E-state index contributed by atoms with van der Waals surface area (Å²) in [5.74, 6) is -3.23. The Kier molecular flexibility index (Phi) is 3.13. The standard InChI is InChI=1S/C12H8BrF2N5O/c13-9-7(5-16)10-17-2-1-8(20(10)19-9)11(21)18-6-3-12(14,15)4-6/h1-2,6H,3-4H2,(H,18,21). The van der Waals surface area contributed by atoms with Crippen LogP contribution in [-0.4, -0.2) is 32.5 Å². The summed E-state index contributed by atoms with van der Waals surface area (Å²) >= 11 is 3.12. The SMILES string of the molecule is N#Cc1c(Br)nn2c(C(=O)NC3CC(F)(F)C3)ccnc12. The maximum Gasteiger partial charge on any atom is 0.270 e. The molecule has 108 valence electrons. The summed E-state index contributed by atoms with van der Waals surface area (Å²) in [5, 5.41) is 15.6. The number of amides is 1. The van der Waals surface area contributed by atoms with Gasteiger partial charge < -0.3 is 5.32 Å². The molecule has 2 aromatic rings. The molecule has 0 atom stereocenters. The first kappa shape index (κ1) is 13.9. The largest absolute Gasteiger partial charge is 0.348 e. The lowest BCUT2D eigenvalue weighted by Crippen LogP contribution is -2.50. The fourth-order valence-electron chi connectivity index (χ4n) is 2.21. The van der Waals surface area contributed by atoms with Crippen LogP contribution in [0.4, 0.5) is 8.78 Å². The lowest BCUT2D eigenvalue weighted by atomic mass is 9.88. The van der Waals surface area contributed by atoms with Crippen LogP contribution in [0.5, 0.6) is 0 Å². The maximum absolute atomic E-state index is 12.8. The van der Waals surface area contributed by atoms with Crippen molar-refractivity contribution >= 4 is 27.5 Å². The summed E-state index contributed by atoms with van der Waals surface area (Å²) in [6.07, 6.45) is 0.646. The highest BCUT2D eigenvalue weighted by Gasteiger charge is 2.46. The third-order valence-corrected chi connectivity index (χ3v) is 3.80. The third-order valence-electron chi connectivity index (χ3n) is 3.25. The van der Waals surface area contributed by atoms with Gasteiger partial charge in [-0.2, -0.15) is 10.4 Å². The monoisotopic (exact) mass is 355 g/mol.